The minimum Gasteiger partial charge on any atom is -0.508 e. The minimum absolute atomic E-state index is 0.0359. The Morgan fingerprint density at radius 2 is 1.59 bits per heavy atom. The second-order valence-corrected chi connectivity index (χ2v) is 10.7. The van der Waals surface area contributed by atoms with E-state index in [1.807, 2.05) is 47.6 Å². The number of phenols is 1. The molecule has 1 aromatic rings. The Bertz CT molecular complexity index is 1100. The van der Waals surface area contributed by atoms with Crippen LogP contribution in [0.15, 0.2) is 47.3 Å². The zero-order chi connectivity index (χ0) is 26.0. The Labute approximate surface area is 201 Å². The standard InChI is InChI=1S/C26H35N3O5/c1-25(2,3)18-13-19(26(4,5)6)22(30)14-20(18)27-24(32)17(15-28(7)8)23(31)16-11-9-10-12-21(16)29(33)34/h11-15,30H,9-10H2,1-8H3,(H,27,32)/b17-15-. The predicted octanol–water partition coefficient (Wildman–Crippen LogP) is 4.82. The van der Waals surface area contributed by atoms with Gasteiger partial charge >= 0.3 is 0 Å². The number of hydrogen-bond acceptors (Lipinski definition) is 6. The molecule has 0 saturated carbocycles. The zero-order valence-corrected chi connectivity index (χ0v) is 21.3. The average molecular weight is 470 g/mol. The Morgan fingerprint density at radius 3 is 2.09 bits per heavy atom. The molecule has 1 amide bonds. The van der Waals surface area contributed by atoms with Gasteiger partial charge in [0.15, 0.2) is 0 Å². The van der Waals surface area contributed by atoms with Gasteiger partial charge in [0, 0.05) is 32.0 Å². The third-order valence-electron chi connectivity index (χ3n) is 5.45. The first-order chi connectivity index (χ1) is 15.5. The molecule has 184 valence electrons. The quantitative estimate of drug-likeness (QED) is 0.203. The fraction of sp³-hybridized carbons (Fsp3) is 0.462. The maximum absolute atomic E-state index is 13.4. The van der Waals surface area contributed by atoms with Crippen LogP contribution >= 0.6 is 0 Å². The monoisotopic (exact) mass is 469 g/mol. The summed E-state index contributed by atoms with van der Waals surface area (Å²) < 4.78 is 0. The molecule has 0 atom stereocenters. The maximum atomic E-state index is 13.4. The van der Waals surface area contributed by atoms with Crippen molar-refractivity contribution in [2.24, 2.45) is 0 Å². The summed E-state index contributed by atoms with van der Waals surface area (Å²) in [6.45, 7) is 11.9. The molecule has 0 aliphatic heterocycles. The fourth-order valence-electron chi connectivity index (χ4n) is 3.77. The Kier molecular flexibility index (Phi) is 7.76. The van der Waals surface area contributed by atoms with Crippen molar-refractivity contribution in [3.8, 4) is 5.75 Å². The summed E-state index contributed by atoms with van der Waals surface area (Å²) in [6, 6.07) is 3.37. The number of nitrogens with one attached hydrogen (secondary N) is 1. The third kappa shape index (κ3) is 6.12. The number of carbonyl (C=O) groups is 2. The average Bonchev–Trinajstić information content (AvgIpc) is 2.69. The molecule has 2 N–H and O–H groups in total. The van der Waals surface area contributed by atoms with Gasteiger partial charge in [-0.15, -0.1) is 0 Å². The molecule has 2 rings (SSSR count). The first-order valence-electron chi connectivity index (χ1n) is 11.2. The lowest BCUT2D eigenvalue weighted by Gasteiger charge is -2.28. The van der Waals surface area contributed by atoms with E-state index in [0.29, 0.717) is 18.5 Å². The normalized spacial score (nSPS) is 14.8. The molecular weight excluding hydrogens is 434 g/mol. The van der Waals surface area contributed by atoms with Gasteiger partial charge in [0.05, 0.1) is 10.5 Å². The van der Waals surface area contributed by atoms with E-state index in [4.69, 9.17) is 0 Å². The van der Waals surface area contributed by atoms with Crippen LogP contribution < -0.4 is 5.32 Å². The number of hydrogen-bond donors (Lipinski definition) is 2. The van der Waals surface area contributed by atoms with Crippen molar-refractivity contribution in [2.45, 2.75) is 65.2 Å². The van der Waals surface area contributed by atoms with Crippen LogP contribution in [-0.2, 0) is 20.4 Å². The number of amides is 1. The SMILES string of the molecule is CN(C)/C=C(\C(=O)Nc1cc(O)c(C(C)(C)C)cc1C(C)(C)C)C(=O)C1=CCCC=C1[N+](=O)[O-]. The summed E-state index contributed by atoms with van der Waals surface area (Å²) in [4.78, 5) is 39.1. The highest BCUT2D eigenvalue weighted by atomic mass is 16.6. The Balaban J connectivity index is 2.55. The fourth-order valence-corrected chi connectivity index (χ4v) is 3.77. The van der Waals surface area contributed by atoms with Gasteiger partial charge < -0.3 is 15.3 Å². The molecule has 0 bridgehead atoms. The molecule has 8 heteroatoms. The summed E-state index contributed by atoms with van der Waals surface area (Å²) in [5.74, 6) is -1.39. The summed E-state index contributed by atoms with van der Waals surface area (Å²) >= 11 is 0. The van der Waals surface area contributed by atoms with Crippen LogP contribution in [-0.4, -0.2) is 40.7 Å². The van der Waals surface area contributed by atoms with E-state index < -0.39 is 16.6 Å². The number of nitrogens with zero attached hydrogens (tertiary/aromatic N) is 2. The third-order valence-corrected chi connectivity index (χ3v) is 5.45. The lowest BCUT2D eigenvalue weighted by atomic mass is 9.79. The highest BCUT2D eigenvalue weighted by Gasteiger charge is 2.32. The lowest BCUT2D eigenvalue weighted by Crippen LogP contribution is -2.27. The van der Waals surface area contributed by atoms with Crippen molar-refractivity contribution in [3.63, 3.8) is 0 Å². The number of benzene rings is 1. The number of anilines is 1. The minimum atomic E-state index is -0.721. The van der Waals surface area contributed by atoms with Gasteiger partial charge in [0.25, 0.3) is 11.6 Å². The van der Waals surface area contributed by atoms with E-state index in [2.05, 4.69) is 5.32 Å². The molecule has 0 fully saturated rings. The summed E-state index contributed by atoms with van der Waals surface area (Å²) in [7, 11) is 3.31. The van der Waals surface area contributed by atoms with Crippen LogP contribution in [0.25, 0.3) is 0 Å². The second kappa shape index (κ2) is 9.83. The van der Waals surface area contributed by atoms with Gasteiger partial charge in [0.2, 0.25) is 5.78 Å². The molecule has 1 aliphatic rings. The van der Waals surface area contributed by atoms with Crippen molar-refractivity contribution in [3.05, 3.63) is 68.6 Å². The van der Waals surface area contributed by atoms with Crippen molar-refractivity contribution in [2.75, 3.05) is 19.4 Å². The summed E-state index contributed by atoms with van der Waals surface area (Å²) in [5, 5.41) is 24.9. The molecule has 1 aliphatic carbocycles. The summed E-state index contributed by atoms with van der Waals surface area (Å²) in [5.41, 5.74) is 0.592. The van der Waals surface area contributed by atoms with Crippen LogP contribution in [0.2, 0.25) is 0 Å². The molecule has 0 aromatic heterocycles. The number of allylic oxidation sites excluding steroid dienone is 3. The predicted molar refractivity (Wildman–Crippen MR) is 133 cm³/mol. The first-order valence-corrected chi connectivity index (χ1v) is 11.2. The van der Waals surface area contributed by atoms with Crippen molar-refractivity contribution in [1.82, 2.24) is 4.90 Å². The molecule has 0 heterocycles. The Hall–Kier alpha value is -3.42. The molecule has 0 unspecified atom stereocenters. The van der Waals surface area contributed by atoms with E-state index in [-0.39, 0.29) is 33.4 Å². The molecule has 1 aromatic carbocycles. The van der Waals surface area contributed by atoms with Crippen LogP contribution in [0.5, 0.6) is 5.75 Å². The van der Waals surface area contributed by atoms with Crippen LogP contribution in [0.4, 0.5) is 5.69 Å². The molecular formula is C26H35N3O5. The van der Waals surface area contributed by atoms with Gasteiger partial charge in [-0.3, -0.25) is 19.7 Å². The molecule has 34 heavy (non-hydrogen) atoms. The highest BCUT2D eigenvalue weighted by molar-refractivity contribution is 6.29. The van der Waals surface area contributed by atoms with Gasteiger partial charge in [-0.1, -0.05) is 47.6 Å². The number of Topliss-reactive ketones (excluding diaryl/α,β-unsaturated/α-hetero) is 1. The van der Waals surface area contributed by atoms with Crippen molar-refractivity contribution < 1.29 is 19.6 Å². The molecule has 0 spiro atoms. The lowest BCUT2D eigenvalue weighted by molar-refractivity contribution is -0.420. The number of phenolic OH excluding ortho intramolecular Hbond substituents is 1. The molecule has 8 nitrogen and oxygen atoms in total. The van der Waals surface area contributed by atoms with E-state index in [1.165, 1.54) is 29.3 Å². The zero-order valence-electron chi connectivity index (χ0n) is 21.3. The number of aromatic hydroxyl groups is 1. The van der Waals surface area contributed by atoms with Gasteiger partial charge in [-0.25, -0.2) is 0 Å². The van der Waals surface area contributed by atoms with E-state index in [0.717, 1.165) is 11.1 Å². The van der Waals surface area contributed by atoms with Crippen LogP contribution in [0, 0.1) is 10.1 Å². The Morgan fingerprint density at radius 1 is 1.03 bits per heavy atom. The number of nitro groups is 1. The second-order valence-electron chi connectivity index (χ2n) is 10.7. The maximum Gasteiger partial charge on any atom is 0.276 e. The molecule has 0 radical (unpaired) electrons. The summed E-state index contributed by atoms with van der Waals surface area (Å²) in [6.07, 6.45) is 5.19. The number of carbonyl (C=O) groups excluding carboxylic acids is 2. The van der Waals surface area contributed by atoms with Gasteiger partial charge in [-0.2, -0.15) is 0 Å². The van der Waals surface area contributed by atoms with Gasteiger partial charge in [-0.05, 0) is 46.9 Å². The molecule has 0 saturated heterocycles. The van der Waals surface area contributed by atoms with Crippen molar-refractivity contribution >= 4 is 17.4 Å². The van der Waals surface area contributed by atoms with Gasteiger partial charge in [0.1, 0.15) is 11.3 Å². The van der Waals surface area contributed by atoms with E-state index in [1.54, 1.807) is 14.1 Å². The van der Waals surface area contributed by atoms with Crippen LogP contribution in [0.1, 0.15) is 65.5 Å². The van der Waals surface area contributed by atoms with E-state index >= 15 is 0 Å². The number of rotatable bonds is 6. The highest BCUT2D eigenvalue weighted by Crippen LogP contribution is 2.39. The van der Waals surface area contributed by atoms with E-state index in [9.17, 15) is 24.8 Å². The first kappa shape index (κ1) is 26.8. The largest absolute Gasteiger partial charge is 0.508 e. The number of ketones is 1. The topological polar surface area (TPSA) is 113 Å². The van der Waals surface area contributed by atoms with Crippen LogP contribution in [0.3, 0.4) is 0 Å². The van der Waals surface area contributed by atoms with Crippen molar-refractivity contribution in [1.29, 1.82) is 0 Å². The smallest absolute Gasteiger partial charge is 0.276 e.